The molecule has 2 N–H and O–H groups in total. The third-order valence-corrected chi connectivity index (χ3v) is 9.44. The Morgan fingerprint density at radius 1 is 1.17 bits per heavy atom. The minimum atomic E-state index is -1.29. The SMILES string of the molecule is C=CCCC(=O)NC[C@H](OC(=O)[C@@H]1[C@@H]2CC[C@]3(O2)[C@H](C(=O)N(CC=C)c2ccc(Cl)cc2)N([C@H](C)CO)C(=O)[C@@H]13)c1ccccc1. The molecule has 3 saturated heterocycles. The molecule has 3 fully saturated rings. The summed E-state index contributed by atoms with van der Waals surface area (Å²) in [4.78, 5) is 58.1. The van der Waals surface area contributed by atoms with Crippen LogP contribution in [0.5, 0.6) is 0 Å². The van der Waals surface area contributed by atoms with Gasteiger partial charge in [-0.1, -0.05) is 54.1 Å². The van der Waals surface area contributed by atoms with E-state index in [-0.39, 0.29) is 32.0 Å². The first-order chi connectivity index (χ1) is 22.2. The number of hydrogen-bond acceptors (Lipinski definition) is 7. The molecule has 2 aromatic rings. The fourth-order valence-corrected chi connectivity index (χ4v) is 7.19. The molecule has 1 spiro atoms. The van der Waals surface area contributed by atoms with Crippen molar-refractivity contribution in [2.24, 2.45) is 11.8 Å². The molecule has 0 saturated carbocycles. The van der Waals surface area contributed by atoms with Gasteiger partial charge in [-0.15, -0.1) is 13.2 Å². The van der Waals surface area contributed by atoms with E-state index in [1.807, 2.05) is 18.2 Å². The summed E-state index contributed by atoms with van der Waals surface area (Å²) < 4.78 is 12.6. The zero-order valence-electron chi connectivity index (χ0n) is 25.8. The van der Waals surface area contributed by atoms with Crippen LogP contribution in [0.1, 0.15) is 44.3 Å². The molecule has 10 nitrogen and oxygen atoms in total. The number of carbonyl (C=O) groups is 4. The summed E-state index contributed by atoms with van der Waals surface area (Å²) in [5.74, 6) is -3.64. The Hall–Kier alpha value is -3.99. The monoisotopic (exact) mass is 649 g/mol. The Morgan fingerprint density at radius 3 is 2.54 bits per heavy atom. The number of amides is 3. The second-order valence-corrected chi connectivity index (χ2v) is 12.5. The highest BCUT2D eigenvalue weighted by Gasteiger charge is 2.75. The number of allylic oxidation sites excluding steroid dienone is 1. The van der Waals surface area contributed by atoms with Crippen molar-refractivity contribution in [1.29, 1.82) is 0 Å². The van der Waals surface area contributed by atoms with E-state index >= 15 is 0 Å². The molecular formula is C35H40ClN3O7. The zero-order valence-corrected chi connectivity index (χ0v) is 26.6. The molecule has 3 aliphatic rings. The molecule has 3 amide bonds. The van der Waals surface area contributed by atoms with E-state index in [4.69, 9.17) is 21.1 Å². The first-order valence-electron chi connectivity index (χ1n) is 15.6. The van der Waals surface area contributed by atoms with Gasteiger partial charge < -0.3 is 29.7 Å². The van der Waals surface area contributed by atoms with E-state index in [1.54, 1.807) is 55.5 Å². The lowest BCUT2D eigenvalue weighted by molar-refractivity contribution is -0.161. The van der Waals surface area contributed by atoms with Gasteiger partial charge in [-0.3, -0.25) is 19.2 Å². The molecule has 46 heavy (non-hydrogen) atoms. The first-order valence-corrected chi connectivity index (χ1v) is 16.0. The number of aliphatic hydroxyl groups excluding tert-OH is 1. The maximum Gasteiger partial charge on any atom is 0.313 e. The third kappa shape index (κ3) is 6.21. The van der Waals surface area contributed by atoms with Gasteiger partial charge in [0.05, 0.1) is 37.1 Å². The largest absolute Gasteiger partial charge is 0.455 e. The van der Waals surface area contributed by atoms with Gasteiger partial charge in [0.25, 0.3) is 5.91 Å². The molecule has 7 atom stereocenters. The van der Waals surface area contributed by atoms with E-state index in [0.717, 1.165) is 0 Å². The summed E-state index contributed by atoms with van der Waals surface area (Å²) in [6, 6.07) is 14.0. The predicted octanol–water partition coefficient (Wildman–Crippen LogP) is 3.98. The van der Waals surface area contributed by atoms with Gasteiger partial charge in [0.15, 0.2) is 0 Å². The van der Waals surface area contributed by atoms with E-state index in [0.29, 0.717) is 35.5 Å². The summed E-state index contributed by atoms with van der Waals surface area (Å²) in [6.07, 6.45) is 3.39. The molecule has 2 bridgehead atoms. The summed E-state index contributed by atoms with van der Waals surface area (Å²) in [6.45, 7) is 8.93. The van der Waals surface area contributed by atoms with Crippen LogP contribution in [0.15, 0.2) is 79.9 Å². The third-order valence-electron chi connectivity index (χ3n) is 9.19. The number of hydrogen-bond donors (Lipinski definition) is 2. The van der Waals surface area contributed by atoms with Crippen molar-refractivity contribution < 1.29 is 33.8 Å². The minimum absolute atomic E-state index is 0.0418. The van der Waals surface area contributed by atoms with Crippen molar-refractivity contribution in [2.45, 2.75) is 62.5 Å². The number of nitrogens with one attached hydrogen (secondary N) is 1. The van der Waals surface area contributed by atoms with Crippen LogP contribution in [0, 0.1) is 11.8 Å². The maximum absolute atomic E-state index is 14.5. The van der Waals surface area contributed by atoms with E-state index in [2.05, 4.69) is 18.5 Å². The number of esters is 1. The van der Waals surface area contributed by atoms with Crippen LogP contribution in [0.3, 0.4) is 0 Å². The fraction of sp³-hybridized carbons (Fsp3) is 0.429. The zero-order chi connectivity index (χ0) is 33.0. The molecule has 11 heteroatoms. The second kappa shape index (κ2) is 14.2. The van der Waals surface area contributed by atoms with Crippen LogP contribution in [0.25, 0.3) is 0 Å². The van der Waals surface area contributed by atoms with Crippen LogP contribution in [0.4, 0.5) is 5.69 Å². The highest BCUT2D eigenvalue weighted by Crippen LogP contribution is 2.59. The van der Waals surface area contributed by atoms with Crippen molar-refractivity contribution in [3.8, 4) is 0 Å². The van der Waals surface area contributed by atoms with Gasteiger partial charge >= 0.3 is 5.97 Å². The molecule has 0 aliphatic carbocycles. The van der Waals surface area contributed by atoms with Gasteiger partial charge in [0.1, 0.15) is 17.7 Å². The number of carbonyl (C=O) groups excluding carboxylic acids is 4. The number of anilines is 1. The Kier molecular flexibility index (Phi) is 10.3. The van der Waals surface area contributed by atoms with Crippen molar-refractivity contribution in [3.05, 3.63) is 90.5 Å². The number of fused-ring (bicyclic) bond motifs is 1. The molecule has 3 heterocycles. The smallest absolute Gasteiger partial charge is 0.313 e. The number of ether oxygens (including phenoxy) is 2. The first kappa shape index (κ1) is 33.4. The highest BCUT2D eigenvalue weighted by atomic mass is 35.5. The summed E-state index contributed by atoms with van der Waals surface area (Å²) in [5, 5.41) is 13.5. The standard InChI is InChI=1S/C35H40ClN3O7/c1-4-6-12-28(41)37-20-27(23-10-8-7-9-11-23)45-34(44)29-26-17-18-35(46-26)30(29)32(42)39(22(3)21-40)31(35)33(43)38(19-5-2)25-15-13-24(36)14-16-25/h4-5,7-11,13-16,22,26-27,29-31,40H,1-2,6,12,17-21H2,3H3,(H,37,41)/t22-,26+,27+,29-,30-,31+,35-/m1/s1. The molecule has 244 valence electrons. The second-order valence-electron chi connectivity index (χ2n) is 12.0. The highest BCUT2D eigenvalue weighted by molar-refractivity contribution is 6.30. The number of aliphatic hydroxyl groups is 1. The number of rotatable bonds is 14. The number of halogens is 1. The average Bonchev–Trinajstić information content (AvgIpc) is 3.72. The fourth-order valence-electron chi connectivity index (χ4n) is 7.06. The predicted molar refractivity (Wildman–Crippen MR) is 173 cm³/mol. The molecule has 0 unspecified atom stereocenters. The molecule has 0 radical (unpaired) electrons. The Balaban J connectivity index is 1.46. The Labute approximate surface area is 274 Å². The molecule has 2 aromatic carbocycles. The van der Waals surface area contributed by atoms with Crippen molar-refractivity contribution in [2.75, 3.05) is 24.6 Å². The summed E-state index contributed by atoms with van der Waals surface area (Å²) in [7, 11) is 0. The Morgan fingerprint density at radius 2 is 1.89 bits per heavy atom. The van der Waals surface area contributed by atoms with Crippen LogP contribution in [0.2, 0.25) is 5.02 Å². The van der Waals surface area contributed by atoms with Crippen molar-refractivity contribution in [3.63, 3.8) is 0 Å². The molecule has 5 rings (SSSR count). The normalized spacial score (nSPS) is 25.8. The average molecular weight is 650 g/mol. The van der Waals surface area contributed by atoms with Gasteiger partial charge in [-0.2, -0.15) is 0 Å². The maximum atomic E-state index is 14.5. The lowest BCUT2D eigenvalue weighted by Gasteiger charge is -2.38. The van der Waals surface area contributed by atoms with Gasteiger partial charge in [-0.05, 0) is 56.0 Å². The number of likely N-dealkylation sites (tertiary alicyclic amines) is 1. The topological polar surface area (TPSA) is 125 Å². The number of benzene rings is 2. The lowest BCUT2D eigenvalue weighted by Crippen LogP contribution is -2.58. The molecular weight excluding hydrogens is 610 g/mol. The van der Waals surface area contributed by atoms with Crippen LogP contribution in [-0.4, -0.2) is 77.2 Å². The van der Waals surface area contributed by atoms with E-state index < -0.39 is 59.5 Å². The van der Waals surface area contributed by atoms with Crippen LogP contribution >= 0.6 is 11.6 Å². The summed E-state index contributed by atoms with van der Waals surface area (Å²) in [5.41, 5.74) is -0.0514. The van der Waals surface area contributed by atoms with Crippen molar-refractivity contribution in [1.82, 2.24) is 10.2 Å². The quantitative estimate of drug-likeness (QED) is 0.234. The van der Waals surface area contributed by atoms with Gasteiger partial charge in [0, 0.05) is 23.7 Å². The Bertz CT molecular complexity index is 1470. The lowest BCUT2D eigenvalue weighted by atomic mass is 9.70. The van der Waals surface area contributed by atoms with Crippen LogP contribution < -0.4 is 10.2 Å². The van der Waals surface area contributed by atoms with Gasteiger partial charge in [0.2, 0.25) is 11.8 Å². The van der Waals surface area contributed by atoms with E-state index in [1.165, 1.54) is 9.80 Å². The molecule has 0 aromatic heterocycles. The number of nitrogens with zero attached hydrogens (tertiary/aromatic N) is 2. The summed E-state index contributed by atoms with van der Waals surface area (Å²) >= 11 is 6.11. The molecule has 3 aliphatic heterocycles. The minimum Gasteiger partial charge on any atom is -0.455 e. The van der Waals surface area contributed by atoms with E-state index in [9.17, 15) is 24.3 Å². The van der Waals surface area contributed by atoms with Crippen LogP contribution in [-0.2, 0) is 28.7 Å². The van der Waals surface area contributed by atoms with Gasteiger partial charge in [-0.25, -0.2) is 0 Å². The van der Waals surface area contributed by atoms with Crippen molar-refractivity contribution >= 4 is 41.0 Å².